The van der Waals surface area contributed by atoms with Crippen molar-refractivity contribution < 1.29 is 13.2 Å². The summed E-state index contributed by atoms with van der Waals surface area (Å²) in [6, 6.07) is 29.1. The number of nitrogens with zero attached hydrogens (tertiary/aromatic N) is 2. The molecule has 8 heteroatoms. The Hall–Kier alpha value is -3.42. The van der Waals surface area contributed by atoms with Gasteiger partial charge in [-0.15, -0.1) is 0 Å². The van der Waals surface area contributed by atoms with Crippen LogP contribution < -0.4 is 4.90 Å². The Morgan fingerprint density at radius 2 is 1.44 bits per heavy atom. The molecule has 4 aromatic rings. The number of para-hydroxylation sites is 2. The van der Waals surface area contributed by atoms with Crippen LogP contribution in [0.15, 0.2) is 120 Å². The quantitative estimate of drug-likeness (QED) is 0.222. The summed E-state index contributed by atoms with van der Waals surface area (Å²) in [5, 5.41) is 0.682. The van der Waals surface area contributed by atoms with Gasteiger partial charge in [0.2, 0.25) is 15.9 Å². The topological polar surface area (TPSA) is 57.7 Å². The highest BCUT2D eigenvalue weighted by Gasteiger charge is 2.50. The SMILES string of the molecule is C=C1CN(S(=O)(=O)c2ccc(C)cc2)[C@@H](c2ccc(Cl)cc2Cl)[C@@H]1C(=O)N(c1ccccc1)c1ccccc1. The number of sulfonamides is 1. The van der Waals surface area contributed by atoms with E-state index in [2.05, 4.69) is 6.58 Å². The van der Waals surface area contributed by atoms with Gasteiger partial charge < -0.3 is 0 Å². The number of hydrogen-bond donors (Lipinski definition) is 0. The summed E-state index contributed by atoms with van der Waals surface area (Å²) in [5.74, 6) is -1.22. The van der Waals surface area contributed by atoms with Crippen LogP contribution >= 0.6 is 23.2 Å². The van der Waals surface area contributed by atoms with E-state index in [-0.39, 0.29) is 22.4 Å². The van der Waals surface area contributed by atoms with Crippen molar-refractivity contribution in [3.63, 3.8) is 0 Å². The molecule has 5 nitrogen and oxygen atoms in total. The van der Waals surface area contributed by atoms with Crippen molar-refractivity contribution in [2.45, 2.75) is 17.9 Å². The second-order valence-electron chi connectivity index (χ2n) is 9.45. The van der Waals surface area contributed by atoms with Crippen LogP contribution in [-0.2, 0) is 14.8 Å². The summed E-state index contributed by atoms with van der Waals surface area (Å²) >= 11 is 12.9. The first-order valence-corrected chi connectivity index (χ1v) is 14.5. The van der Waals surface area contributed by atoms with Crippen LogP contribution in [0.1, 0.15) is 17.2 Å². The van der Waals surface area contributed by atoms with E-state index in [9.17, 15) is 13.2 Å². The lowest BCUT2D eigenvalue weighted by atomic mass is 9.90. The maximum absolute atomic E-state index is 14.5. The number of carbonyl (C=O) groups excluding carboxylic acids is 1. The summed E-state index contributed by atoms with van der Waals surface area (Å²) in [5.41, 5.74) is 3.20. The first-order valence-electron chi connectivity index (χ1n) is 12.3. The molecule has 0 saturated carbocycles. The summed E-state index contributed by atoms with van der Waals surface area (Å²) in [4.78, 5) is 16.3. The predicted molar refractivity (Wildman–Crippen MR) is 157 cm³/mol. The number of halogens is 2. The Balaban J connectivity index is 1.67. The van der Waals surface area contributed by atoms with Crippen LogP contribution in [0.5, 0.6) is 0 Å². The van der Waals surface area contributed by atoms with Crippen LogP contribution in [-0.4, -0.2) is 25.2 Å². The molecule has 0 aliphatic carbocycles. The van der Waals surface area contributed by atoms with Gasteiger partial charge in [-0.1, -0.05) is 89.9 Å². The third-order valence-corrected chi connectivity index (χ3v) is 9.25. The number of carbonyl (C=O) groups is 1. The zero-order valence-electron chi connectivity index (χ0n) is 21.2. The molecular weight excluding hydrogens is 551 g/mol. The van der Waals surface area contributed by atoms with Crippen molar-refractivity contribution in [2.24, 2.45) is 5.92 Å². The minimum atomic E-state index is -4.02. The van der Waals surface area contributed by atoms with Crippen molar-refractivity contribution in [3.05, 3.63) is 136 Å². The van der Waals surface area contributed by atoms with Crippen molar-refractivity contribution in [2.75, 3.05) is 11.4 Å². The van der Waals surface area contributed by atoms with Crippen LogP contribution in [0.3, 0.4) is 0 Å². The van der Waals surface area contributed by atoms with Gasteiger partial charge >= 0.3 is 0 Å². The molecule has 198 valence electrons. The van der Waals surface area contributed by atoms with E-state index in [1.165, 1.54) is 4.31 Å². The second-order valence-corrected chi connectivity index (χ2v) is 12.2. The first-order chi connectivity index (χ1) is 18.7. The Morgan fingerprint density at radius 3 is 1.97 bits per heavy atom. The summed E-state index contributed by atoms with van der Waals surface area (Å²) in [6.07, 6.45) is 0. The van der Waals surface area contributed by atoms with Gasteiger partial charge in [0.1, 0.15) is 0 Å². The highest BCUT2D eigenvalue weighted by atomic mass is 35.5. The molecule has 2 atom stereocenters. The summed E-state index contributed by atoms with van der Waals surface area (Å²) in [6.45, 7) is 6.05. The molecule has 5 rings (SSSR count). The molecule has 4 aromatic carbocycles. The maximum Gasteiger partial charge on any atom is 0.243 e. The molecule has 1 aliphatic heterocycles. The number of aryl methyl sites for hydroxylation is 1. The third-order valence-electron chi connectivity index (χ3n) is 6.85. The molecule has 1 fully saturated rings. The molecule has 0 radical (unpaired) electrons. The standard InChI is InChI=1S/C31H26Cl2N2O3S/c1-21-13-16-26(17-14-21)39(37,38)34-20-22(2)29(30(34)27-18-15-23(32)19-28(27)33)31(36)35(24-9-5-3-6-10-24)25-11-7-4-8-12-25/h3-19,29-30H,2,20H2,1H3/t29-,30+/m1/s1. The van der Waals surface area contributed by atoms with E-state index in [4.69, 9.17) is 23.2 Å². The third kappa shape index (κ3) is 5.25. The van der Waals surface area contributed by atoms with E-state index in [0.29, 0.717) is 27.5 Å². The van der Waals surface area contributed by atoms with Gasteiger partial charge in [-0.25, -0.2) is 8.42 Å². The molecule has 0 bridgehead atoms. The van der Waals surface area contributed by atoms with Crippen molar-refractivity contribution in [1.82, 2.24) is 4.31 Å². The zero-order chi connectivity index (χ0) is 27.7. The minimum absolute atomic E-state index is 0.0341. The number of benzene rings is 4. The van der Waals surface area contributed by atoms with Crippen LogP contribution in [0.25, 0.3) is 0 Å². The highest BCUT2D eigenvalue weighted by Crippen LogP contribution is 2.47. The number of amides is 1. The van der Waals surface area contributed by atoms with Crippen molar-refractivity contribution in [3.8, 4) is 0 Å². The van der Waals surface area contributed by atoms with Crippen LogP contribution in [0.4, 0.5) is 11.4 Å². The largest absolute Gasteiger partial charge is 0.280 e. The van der Waals surface area contributed by atoms with Gasteiger partial charge in [0.25, 0.3) is 0 Å². The average Bonchev–Trinajstić information content (AvgIpc) is 3.28. The molecule has 1 amide bonds. The van der Waals surface area contributed by atoms with E-state index in [1.807, 2.05) is 67.6 Å². The lowest BCUT2D eigenvalue weighted by Crippen LogP contribution is -2.38. The molecule has 0 spiro atoms. The predicted octanol–water partition coefficient (Wildman–Crippen LogP) is 7.58. The molecule has 1 aliphatic rings. The molecule has 1 heterocycles. The lowest BCUT2D eigenvalue weighted by molar-refractivity contribution is -0.121. The van der Waals surface area contributed by atoms with E-state index < -0.39 is 22.0 Å². The molecule has 1 saturated heterocycles. The fourth-order valence-corrected chi connectivity index (χ4v) is 7.09. The molecule has 0 unspecified atom stereocenters. The normalized spacial score (nSPS) is 17.8. The Bertz CT molecular complexity index is 1590. The Kier molecular flexibility index (Phi) is 7.65. The van der Waals surface area contributed by atoms with Gasteiger partial charge in [-0.05, 0) is 66.6 Å². The Labute approximate surface area is 239 Å². The highest BCUT2D eigenvalue weighted by molar-refractivity contribution is 7.89. The molecule has 39 heavy (non-hydrogen) atoms. The monoisotopic (exact) mass is 576 g/mol. The van der Waals surface area contributed by atoms with E-state index >= 15 is 0 Å². The zero-order valence-corrected chi connectivity index (χ0v) is 23.5. The summed E-state index contributed by atoms with van der Waals surface area (Å²) < 4.78 is 29.4. The van der Waals surface area contributed by atoms with Crippen molar-refractivity contribution >= 4 is 50.5 Å². The number of anilines is 2. The van der Waals surface area contributed by atoms with E-state index in [1.54, 1.807) is 47.4 Å². The fraction of sp³-hybridized carbons (Fsp3) is 0.129. The van der Waals surface area contributed by atoms with Gasteiger partial charge in [0.15, 0.2) is 0 Å². The van der Waals surface area contributed by atoms with E-state index in [0.717, 1.165) is 5.56 Å². The first kappa shape index (κ1) is 27.2. The molecule has 0 N–H and O–H groups in total. The van der Waals surface area contributed by atoms with Gasteiger partial charge in [0, 0.05) is 28.0 Å². The molecule has 0 aromatic heterocycles. The Morgan fingerprint density at radius 1 is 0.872 bits per heavy atom. The van der Waals surface area contributed by atoms with Gasteiger partial charge in [-0.3, -0.25) is 9.69 Å². The number of rotatable bonds is 6. The molecular formula is C31H26Cl2N2O3S. The fourth-order valence-electron chi connectivity index (χ4n) is 4.95. The van der Waals surface area contributed by atoms with Crippen molar-refractivity contribution in [1.29, 1.82) is 0 Å². The summed E-state index contributed by atoms with van der Waals surface area (Å²) in [7, 11) is -4.02. The van der Waals surface area contributed by atoms with Crippen LogP contribution in [0, 0.1) is 12.8 Å². The second kappa shape index (κ2) is 11.0. The van der Waals surface area contributed by atoms with Gasteiger partial charge in [0.05, 0.1) is 16.9 Å². The smallest absolute Gasteiger partial charge is 0.243 e. The average molecular weight is 578 g/mol. The van der Waals surface area contributed by atoms with Crippen LogP contribution in [0.2, 0.25) is 10.0 Å². The lowest BCUT2D eigenvalue weighted by Gasteiger charge is -2.32. The minimum Gasteiger partial charge on any atom is -0.280 e. The van der Waals surface area contributed by atoms with Gasteiger partial charge in [-0.2, -0.15) is 4.31 Å². The number of hydrogen-bond acceptors (Lipinski definition) is 3. The maximum atomic E-state index is 14.5.